The van der Waals surface area contributed by atoms with Gasteiger partial charge >= 0.3 is 0 Å². The molecule has 0 saturated heterocycles. The molecule has 3 aromatic rings. The van der Waals surface area contributed by atoms with Crippen molar-refractivity contribution in [3.63, 3.8) is 0 Å². The number of ether oxygens (including phenoxy) is 1. The van der Waals surface area contributed by atoms with Crippen LogP contribution in [0.5, 0.6) is 5.75 Å². The molecule has 0 bridgehead atoms. The van der Waals surface area contributed by atoms with Crippen molar-refractivity contribution in [1.82, 2.24) is 20.1 Å². The van der Waals surface area contributed by atoms with Crippen LogP contribution in [-0.4, -0.2) is 33.5 Å². The summed E-state index contributed by atoms with van der Waals surface area (Å²) in [5, 5.41) is 12.2. The Balaban J connectivity index is 1.56. The highest BCUT2D eigenvalue weighted by Gasteiger charge is 2.11. The normalized spacial score (nSPS) is 10.6. The first-order chi connectivity index (χ1) is 13.1. The summed E-state index contributed by atoms with van der Waals surface area (Å²) in [7, 11) is 1.62. The predicted molar refractivity (Wildman–Crippen MR) is 107 cm³/mol. The number of nitrogens with zero attached hydrogens (tertiary/aromatic N) is 3. The second kappa shape index (κ2) is 8.92. The molecule has 0 unspecified atom stereocenters. The monoisotopic (exact) mass is 402 g/mol. The summed E-state index contributed by atoms with van der Waals surface area (Å²) in [5.74, 6) is 0.956. The maximum absolute atomic E-state index is 12.1. The fraction of sp³-hybridized carbons (Fsp3) is 0.211. The fourth-order valence-electron chi connectivity index (χ4n) is 2.36. The number of thioether (sulfide) groups is 1. The lowest BCUT2D eigenvalue weighted by Gasteiger charge is -2.08. The quantitative estimate of drug-likeness (QED) is 0.611. The molecule has 0 aliphatic heterocycles. The van der Waals surface area contributed by atoms with Gasteiger partial charge in [0.25, 0.3) is 0 Å². The van der Waals surface area contributed by atoms with Gasteiger partial charge in [-0.3, -0.25) is 9.36 Å². The number of rotatable bonds is 7. The van der Waals surface area contributed by atoms with Gasteiger partial charge in [0.1, 0.15) is 12.1 Å². The van der Waals surface area contributed by atoms with Crippen LogP contribution in [-0.2, 0) is 11.3 Å². The number of carbonyl (C=O) groups excluding carboxylic acids is 1. The molecular weight excluding hydrogens is 384 g/mol. The molecule has 0 aliphatic carbocycles. The van der Waals surface area contributed by atoms with Crippen molar-refractivity contribution in [2.75, 3.05) is 12.9 Å². The molecule has 140 valence electrons. The van der Waals surface area contributed by atoms with E-state index >= 15 is 0 Å². The van der Waals surface area contributed by atoms with E-state index in [9.17, 15) is 4.79 Å². The second-order valence-electron chi connectivity index (χ2n) is 5.83. The smallest absolute Gasteiger partial charge is 0.230 e. The third kappa shape index (κ3) is 5.02. The van der Waals surface area contributed by atoms with E-state index in [2.05, 4.69) is 15.5 Å². The maximum atomic E-state index is 12.1. The van der Waals surface area contributed by atoms with Gasteiger partial charge in [-0.05, 0) is 42.3 Å². The molecule has 0 spiro atoms. The van der Waals surface area contributed by atoms with Gasteiger partial charge in [0.15, 0.2) is 5.16 Å². The predicted octanol–water partition coefficient (Wildman–Crippen LogP) is 3.65. The number of methoxy groups -OCH3 is 1. The fourth-order valence-corrected chi connectivity index (χ4v) is 3.29. The molecule has 27 heavy (non-hydrogen) atoms. The summed E-state index contributed by atoms with van der Waals surface area (Å²) in [5.41, 5.74) is 2.86. The summed E-state index contributed by atoms with van der Waals surface area (Å²) < 4.78 is 6.93. The number of aromatic nitrogens is 3. The number of halogens is 1. The van der Waals surface area contributed by atoms with Crippen LogP contribution >= 0.6 is 23.4 Å². The zero-order valence-electron chi connectivity index (χ0n) is 15.0. The topological polar surface area (TPSA) is 69.0 Å². The summed E-state index contributed by atoms with van der Waals surface area (Å²) >= 11 is 7.52. The molecule has 0 atom stereocenters. The van der Waals surface area contributed by atoms with Gasteiger partial charge in [-0.25, -0.2) is 0 Å². The van der Waals surface area contributed by atoms with Gasteiger partial charge in [-0.1, -0.05) is 41.6 Å². The van der Waals surface area contributed by atoms with Crippen molar-refractivity contribution in [2.24, 2.45) is 0 Å². The Labute approximate surface area is 166 Å². The average Bonchev–Trinajstić information content (AvgIpc) is 3.16. The van der Waals surface area contributed by atoms with Crippen molar-refractivity contribution in [1.29, 1.82) is 0 Å². The van der Waals surface area contributed by atoms with E-state index in [-0.39, 0.29) is 11.7 Å². The van der Waals surface area contributed by atoms with Crippen molar-refractivity contribution in [3.8, 4) is 11.4 Å². The molecule has 1 heterocycles. The SMILES string of the molecule is COc1ccc(CNC(=O)CSc2nncn2-c2ccc(C)c(Cl)c2)cc1. The molecule has 0 saturated carbocycles. The van der Waals surface area contributed by atoms with Gasteiger partial charge in [-0.15, -0.1) is 10.2 Å². The first kappa shape index (κ1) is 19.3. The van der Waals surface area contributed by atoms with Crippen molar-refractivity contribution >= 4 is 29.3 Å². The van der Waals surface area contributed by atoms with Gasteiger partial charge in [0.2, 0.25) is 5.91 Å². The number of hydrogen-bond donors (Lipinski definition) is 1. The first-order valence-corrected chi connectivity index (χ1v) is 9.62. The Morgan fingerprint density at radius 2 is 2.04 bits per heavy atom. The lowest BCUT2D eigenvalue weighted by atomic mass is 10.2. The standard InChI is InChI=1S/C19H19ClN4O2S/c1-13-3-6-15(9-17(13)20)24-12-22-23-19(24)27-11-18(25)21-10-14-4-7-16(26-2)8-5-14/h3-9,12H,10-11H2,1-2H3,(H,21,25). The number of carbonyl (C=O) groups is 1. The summed E-state index contributed by atoms with van der Waals surface area (Å²) in [6, 6.07) is 13.3. The zero-order valence-corrected chi connectivity index (χ0v) is 16.5. The van der Waals surface area contributed by atoms with Crippen LogP contribution in [0, 0.1) is 6.92 Å². The van der Waals surface area contributed by atoms with Crippen molar-refractivity contribution < 1.29 is 9.53 Å². The Morgan fingerprint density at radius 1 is 1.26 bits per heavy atom. The Bertz CT molecular complexity index is 928. The summed E-state index contributed by atoms with van der Waals surface area (Å²) in [6.45, 7) is 2.41. The minimum Gasteiger partial charge on any atom is -0.497 e. The van der Waals surface area contributed by atoms with E-state index in [1.54, 1.807) is 13.4 Å². The third-order valence-electron chi connectivity index (χ3n) is 3.93. The van der Waals surface area contributed by atoms with Crippen LogP contribution in [0.4, 0.5) is 0 Å². The Hall–Kier alpha value is -2.51. The third-order valence-corrected chi connectivity index (χ3v) is 5.28. The highest BCUT2D eigenvalue weighted by molar-refractivity contribution is 7.99. The van der Waals surface area contributed by atoms with Crippen LogP contribution in [0.25, 0.3) is 5.69 Å². The summed E-state index contributed by atoms with van der Waals surface area (Å²) in [6.07, 6.45) is 1.61. The minimum atomic E-state index is -0.0766. The zero-order chi connectivity index (χ0) is 19.2. The van der Waals surface area contributed by atoms with Crippen LogP contribution < -0.4 is 10.1 Å². The van der Waals surface area contributed by atoms with E-state index in [1.165, 1.54) is 11.8 Å². The first-order valence-electron chi connectivity index (χ1n) is 8.26. The van der Waals surface area contributed by atoms with Gasteiger partial charge in [0, 0.05) is 11.6 Å². The molecule has 0 aliphatic rings. The molecule has 1 aromatic heterocycles. The maximum Gasteiger partial charge on any atom is 0.230 e. The molecule has 0 radical (unpaired) electrons. The molecule has 0 fully saturated rings. The van der Waals surface area contributed by atoms with E-state index < -0.39 is 0 Å². The Kier molecular flexibility index (Phi) is 6.36. The number of nitrogens with one attached hydrogen (secondary N) is 1. The highest BCUT2D eigenvalue weighted by Crippen LogP contribution is 2.23. The lowest BCUT2D eigenvalue weighted by molar-refractivity contribution is -0.118. The van der Waals surface area contributed by atoms with Gasteiger partial charge in [-0.2, -0.15) is 0 Å². The highest BCUT2D eigenvalue weighted by atomic mass is 35.5. The number of amides is 1. The molecule has 1 N–H and O–H groups in total. The van der Waals surface area contributed by atoms with Crippen LogP contribution in [0.1, 0.15) is 11.1 Å². The number of aryl methyl sites for hydroxylation is 1. The molecular formula is C19H19ClN4O2S. The van der Waals surface area contributed by atoms with Gasteiger partial charge in [0.05, 0.1) is 18.6 Å². The molecule has 1 amide bonds. The average molecular weight is 403 g/mol. The number of benzene rings is 2. The van der Waals surface area contributed by atoms with Crippen LogP contribution in [0.15, 0.2) is 53.9 Å². The molecule has 2 aromatic carbocycles. The molecule has 6 nitrogen and oxygen atoms in total. The van der Waals surface area contributed by atoms with Crippen LogP contribution in [0.2, 0.25) is 5.02 Å². The largest absolute Gasteiger partial charge is 0.497 e. The summed E-state index contributed by atoms with van der Waals surface area (Å²) in [4.78, 5) is 12.1. The molecule has 8 heteroatoms. The second-order valence-corrected chi connectivity index (χ2v) is 7.18. The van der Waals surface area contributed by atoms with Gasteiger partial charge < -0.3 is 10.1 Å². The van der Waals surface area contributed by atoms with Crippen LogP contribution in [0.3, 0.4) is 0 Å². The van der Waals surface area contributed by atoms with E-state index in [0.717, 1.165) is 22.6 Å². The Morgan fingerprint density at radius 3 is 2.74 bits per heavy atom. The van der Waals surface area contributed by atoms with Crippen molar-refractivity contribution in [2.45, 2.75) is 18.6 Å². The molecule has 3 rings (SSSR count). The van der Waals surface area contributed by atoms with E-state index in [1.807, 2.05) is 54.0 Å². The minimum absolute atomic E-state index is 0.0766. The lowest BCUT2D eigenvalue weighted by Crippen LogP contribution is -2.24. The van der Waals surface area contributed by atoms with Crippen molar-refractivity contribution in [3.05, 3.63) is 64.9 Å². The number of hydrogen-bond acceptors (Lipinski definition) is 5. The van der Waals surface area contributed by atoms with E-state index in [0.29, 0.717) is 16.7 Å². The van der Waals surface area contributed by atoms with E-state index in [4.69, 9.17) is 16.3 Å².